The maximum absolute atomic E-state index is 12.5. The van der Waals surface area contributed by atoms with Crippen LogP contribution in [0.3, 0.4) is 0 Å². The van der Waals surface area contributed by atoms with Crippen LogP contribution in [-0.4, -0.2) is 53.2 Å². The van der Waals surface area contributed by atoms with Crippen LogP contribution >= 0.6 is 0 Å². The Hall–Kier alpha value is -3.03. The predicted molar refractivity (Wildman–Crippen MR) is 102 cm³/mol. The molecule has 2 aromatic rings. The molecule has 13 heteroatoms. The van der Waals surface area contributed by atoms with Gasteiger partial charge in [0.25, 0.3) is 21.6 Å². The molecule has 0 unspecified atom stereocenters. The van der Waals surface area contributed by atoms with Gasteiger partial charge in [0.1, 0.15) is 5.75 Å². The van der Waals surface area contributed by atoms with Gasteiger partial charge in [0.2, 0.25) is 10.0 Å². The van der Waals surface area contributed by atoms with Crippen molar-refractivity contribution in [2.75, 3.05) is 21.2 Å². The average molecular weight is 443 g/mol. The number of benzene rings is 2. The van der Waals surface area contributed by atoms with E-state index in [0.29, 0.717) is 0 Å². The number of nitro benzene ring substituents is 1. The number of nitrogens with one attached hydrogen (secondary N) is 1. The van der Waals surface area contributed by atoms with E-state index in [4.69, 9.17) is 4.74 Å². The molecule has 29 heavy (non-hydrogen) atoms. The smallest absolute Gasteiger partial charge is 0.293 e. The molecule has 0 spiro atoms. The third-order valence-electron chi connectivity index (χ3n) is 3.77. The van der Waals surface area contributed by atoms with Gasteiger partial charge in [-0.05, 0) is 36.4 Å². The zero-order valence-corrected chi connectivity index (χ0v) is 17.2. The summed E-state index contributed by atoms with van der Waals surface area (Å²) < 4.78 is 56.6. The first-order valence-electron chi connectivity index (χ1n) is 7.82. The molecule has 0 atom stereocenters. The summed E-state index contributed by atoms with van der Waals surface area (Å²) in [5, 5.41) is 11.2. The summed E-state index contributed by atoms with van der Waals surface area (Å²) in [7, 11) is -4.37. The van der Waals surface area contributed by atoms with Gasteiger partial charge in [-0.25, -0.2) is 25.9 Å². The minimum absolute atomic E-state index is 0.0691. The maximum atomic E-state index is 12.5. The zero-order chi connectivity index (χ0) is 22.0. The topological polar surface area (TPSA) is 153 Å². The van der Waals surface area contributed by atoms with E-state index in [9.17, 15) is 31.7 Å². The number of carbonyl (C=O) groups excluding carboxylic acids is 1. The lowest BCUT2D eigenvalue weighted by atomic mass is 10.2. The van der Waals surface area contributed by atoms with Gasteiger partial charge in [0, 0.05) is 19.7 Å². The van der Waals surface area contributed by atoms with Crippen LogP contribution in [0.1, 0.15) is 10.4 Å². The van der Waals surface area contributed by atoms with Crippen molar-refractivity contribution in [1.29, 1.82) is 0 Å². The maximum Gasteiger partial charge on any atom is 0.293 e. The van der Waals surface area contributed by atoms with Crippen LogP contribution in [-0.2, 0) is 20.0 Å². The molecule has 156 valence electrons. The van der Waals surface area contributed by atoms with Crippen molar-refractivity contribution in [2.45, 2.75) is 9.79 Å². The summed E-state index contributed by atoms with van der Waals surface area (Å²) in [6.07, 6.45) is 0. The molecular formula is C16H17N3O8S2. The normalized spacial score (nSPS) is 11.9. The number of rotatable bonds is 7. The van der Waals surface area contributed by atoms with Crippen molar-refractivity contribution >= 4 is 31.6 Å². The highest BCUT2D eigenvalue weighted by Crippen LogP contribution is 2.28. The molecule has 0 saturated carbocycles. The SMILES string of the molecule is COc1ccc(S(=O)(=O)NC(=O)c2ccc(S(=O)(=O)N(C)C)cc2)c([N+](=O)[O-])c1. The van der Waals surface area contributed by atoms with Crippen molar-refractivity contribution in [3.63, 3.8) is 0 Å². The molecule has 11 nitrogen and oxygen atoms in total. The largest absolute Gasteiger partial charge is 0.497 e. The Bertz CT molecular complexity index is 1160. The highest BCUT2D eigenvalue weighted by Gasteiger charge is 2.28. The highest BCUT2D eigenvalue weighted by atomic mass is 32.2. The number of carbonyl (C=O) groups is 1. The van der Waals surface area contributed by atoms with E-state index in [0.717, 1.165) is 40.7 Å². The summed E-state index contributed by atoms with van der Waals surface area (Å²) in [4.78, 5) is 21.8. The van der Waals surface area contributed by atoms with Gasteiger partial charge >= 0.3 is 0 Å². The summed E-state index contributed by atoms with van der Waals surface area (Å²) >= 11 is 0. The van der Waals surface area contributed by atoms with Crippen molar-refractivity contribution in [1.82, 2.24) is 9.03 Å². The highest BCUT2D eigenvalue weighted by molar-refractivity contribution is 7.90. The Kier molecular flexibility index (Phi) is 6.25. The number of nitrogens with zero attached hydrogens (tertiary/aromatic N) is 2. The molecule has 0 aliphatic carbocycles. The van der Waals surface area contributed by atoms with E-state index < -0.39 is 41.5 Å². The van der Waals surface area contributed by atoms with Gasteiger partial charge in [-0.3, -0.25) is 14.9 Å². The van der Waals surface area contributed by atoms with Gasteiger partial charge in [0.15, 0.2) is 4.90 Å². The fourth-order valence-corrected chi connectivity index (χ4v) is 4.25. The van der Waals surface area contributed by atoms with Crippen LogP contribution in [0.5, 0.6) is 5.75 Å². The first-order valence-corrected chi connectivity index (χ1v) is 10.7. The second-order valence-corrected chi connectivity index (χ2v) is 9.64. The summed E-state index contributed by atoms with van der Waals surface area (Å²) in [6, 6.07) is 7.61. The third-order valence-corrected chi connectivity index (χ3v) is 6.98. The zero-order valence-electron chi connectivity index (χ0n) is 15.5. The van der Waals surface area contributed by atoms with E-state index in [1.165, 1.54) is 27.3 Å². The molecule has 2 aromatic carbocycles. The van der Waals surface area contributed by atoms with E-state index in [-0.39, 0.29) is 16.2 Å². The summed E-state index contributed by atoms with van der Waals surface area (Å²) in [5.74, 6) is -1.01. The lowest BCUT2D eigenvalue weighted by molar-refractivity contribution is -0.387. The number of sulfonamides is 2. The van der Waals surface area contributed by atoms with Crippen molar-refractivity contribution in [3.05, 3.63) is 58.1 Å². The predicted octanol–water partition coefficient (Wildman–Crippen LogP) is 0.972. The molecule has 0 bridgehead atoms. The minimum Gasteiger partial charge on any atom is -0.497 e. The van der Waals surface area contributed by atoms with Gasteiger partial charge in [-0.2, -0.15) is 0 Å². The van der Waals surface area contributed by atoms with Crippen molar-refractivity contribution in [2.24, 2.45) is 0 Å². The molecule has 1 amide bonds. The monoisotopic (exact) mass is 443 g/mol. The Morgan fingerprint density at radius 3 is 2.14 bits per heavy atom. The molecular weight excluding hydrogens is 426 g/mol. The van der Waals surface area contributed by atoms with Crippen molar-refractivity contribution < 1.29 is 31.3 Å². The van der Waals surface area contributed by atoms with Crippen LogP contribution in [0, 0.1) is 10.1 Å². The second-order valence-electron chi connectivity index (χ2n) is 5.84. The van der Waals surface area contributed by atoms with E-state index in [1.807, 2.05) is 0 Å². The number of ether oxygens (including phenoxy) is 1. The van der Waals surface area contributed by atoms with Crippen LogP contribution in [0.15, 0.2) is 52.3 Å². The summed E-state index contributed by atoms with van der Waals surface area (Å²) in [5.41, 5.74) is -0.917. The number of hydrogen-bond donors (Lipinski definition) is 1. The standard InChI is InChI=1S/C16H17N3O8S2/c1-18(2)29(25,26)13-7-4-11(5-8-13)16(20)17-28(23,24)15-9-6-12(27-3)10-14(15)19(21)22/h4-10H,1-3H3,(H,17,20). The molecule has 0 saturated heterocycles. The number of nitro groups is 1. The average Bonchev–Trinajstić information content (AvgIpc) is 2.66. The fraction of sp³-hybridized carbons (Fsp3) is 0.188. The van der Waals surface area contributed by atoms with Crippen LogP contribution in [0.2, 0.25) is 0 Å². The molecule has 0 heterocycles. The summed E-state index contributed by atoms with van der Waals surface area (Å²) in [6.45, 7) is 0. The van der Waals surface area contributed by atoms with E-state index >= 15 is 0 Å². The first-order chi connectivity index (χ1) is 13.4. The van der Waals surface area contributed by atoms with Crippen molar-refractivity contribution in [3.8, 4) is 5.75 Å². The van der Waals surface area contributed by atoms with E-state index in [2.05, 4.69) is 0 Å². The number of amides is 1. The molecule has 0 aliphatic heterocycles. The molecule has 0 fully saturated rings. The molecule has 1 N–H and O–H groups in total. The van der Waals surface area contributed by atoms with E-state index in [1.54, 1.807) is 4.72 Å². The Labute approximate surface area is 167 Å². The van der Waals surface area contributed by atoms with Gasteiger partial charge in [-0.1, -0.05) is 0 Å². The first kappa shape index (κ1) is 22.3. The quantitative estimate of drug-likeness (QED) is 0.491. The molecule has 0 aliphatic rings. The molecule has 0 radical (unpaired) electrons. The van der Waals surface area contributed by atoms with Crippen LogP contribution < -0.4 is 9.46 Å². The Morgan fingerprint density at radius 2 is 1.66 bits per heavy atom. The Morgan fingerprint density at radius 1 is 1.07 bits per heavy atom. The molecule has 0 aromatic heterocycles. The fourth-order valence-electron chi connectivity index (χ4n) is 2.22. The second kappa shape index (κ2) is 8.14. The number of hydrogen-bond acceptors (Lipinski definition) is 8. The van der Waals surface area contributed by atoms with Gasteiger partial charge < -0.3 is 4.74 Å². The van der Waals surface area contributed by atoms with Crippen LogP contribution in [0.25, 0.3) is 0 Å². The lowest BCUT2D eigenvalue weighted by Crippen LogP contribution is -2.31. The Balaban J connectivity index is 2.34. The van der Waals surface area contributed by atoms with Gasteiger partial charge in [-0.15, -0.1) is 0 Å². The minimum atomic E-state index is -4.58. The van der Waals surface area contributed by atoms with Gasteiger partial charge in [0.05, 0.1) is 23.0 Å². The number of methoxy groups -OCH3 is 1. The molecule has 2 rings (SSSR count). The lowest BCUT2D eigenvalue weighted by Gasteiger charge is -2.12. The van der Waals surface area contributed by atoms with Crippen LogP contribution in [0.4, 0.5) is 5.69 Å². The third kappa shape index (κ3) is 4.70.